The van der Waals surface area contributed by atoms with Crippen LogP contribution in [0.5, 0.6) is 0 Å². The van der Waals surface area contributed by atoms with Crippen LogP contribution in [0.4, 0.5) is 0 Å². The normalized spacial score (nSPS) is 12.7. The van der Waals surface area contributed by atoms with Gasteiger partial charge in [-0.3, -0.25) is 14.4 Å². The molecule has 1 atom stereocenters. The van der Waals surface area contributed by atoms with Gasteiger partial charge in [0.25, 0.3) is 0 Å². The summed E-state index contributed by atoms with van der Waals surface area (Å²) < 4.78 is 16.8. The molecule has 0 rings (SSSR count). The van der Waals surface area contributed by atoms with E-state index in [-0.39, 0.29) is 31.1 Å². The number of carbonyl (C=O) groups is 3. The number of ether oxygens (including phenoxy) is 3. The van der Waals surface area contributed by atoms with E-state index in [9.17, 15) is 14.4 Å². The molecule has 6 nitrogen and oxygen atoms in total. The largest absolute Gasteiger partial charge is 0.462 e. The van der Waals surface area contributed by atoms with Crippen molar-refractivity contribution in [2.75, 3.05) is 13.2 Å². The van der Waals surface area contributed by atoms with Crippen LogP contribution in [0.3, 0.4) is 0 Å². The van der Waals surface area contributed by atoms with Crippen molar-refractivity contribution in [2.45, 2.75) is 264 Å². The molecule has 0 fully saturated rings. The second kappa shape index (κ2) is 54.2. The second-order valence-electron chi connectivity index (χ2n) is 18.2. The molecule has 0 saturated carbocycles. The number of hydrogen-bond acceptors (Lipinski definition) is 6. The van der Waals surface area contributed by atoms with E-state index in [2.05, 4.69) is 87.6 Å². The Hall–Kier alpha value is -3.41. The number of esters is 3. The number of rotatable bonds is 49. The maximum absolute atomic E-state index is 12.8. The fourth-order valence-electron chi connectivity index (χ4n) is 7.56. The van der Waals surface area contributed by atoms with Crippen LogP contribution in [0.1, 0.15) is 258 Å². The molecule has 0 bridgehead atoms. The van der Waals surface area contributed by atoms with Crippen LogP contribution in [0.15, 0.2) is 85.1 Å². The zero-order valence-electron chi connectivity index (χ0n) is 43.2. The lowest BCUT2D eigenvalue weighted by molar-refractivity contribution is -0.167. The first kappa shape index (κ1) is 62.6. The van der Waals surface area contributed by atoms with Gasteiger partial charge in [-0.2, -0.15) is 0 Å². The van der Waals surface area contributed by atoms with Gasteiger partial charge in [-0.25, -0.2) is 0 Å². The number of allylic oxidation sites excluding steroid dienone is 14. The molecule has 66 heavy (non-hydrogen) atoms. The minimum Gasteiger partial charge on any atom is -0.462 e. The highest BCUT2D eigenvalue weighted by Crippen LogP contribution is 2.14. The molecule has 0 N–H and O–H groups in total. The van der Waals surface area contributed by atoms with Gasteiger partial charge in [0, 0.05) is 19.3 Å². The molecule has 1 unspecified atom stereocenters. The molecule has 0 spiro atoms. The van der Waals surface area contributed by atoms with Gasteiger partial charge in [-0.1, -0.05) is 234 Å². The molecule has 0 aliphatic carbocycles. The molecule has 0 aromatic carbocycles. The quantitative estimate of drug-likeness (QED) is 0.0199. The topological polar surface area (TPSA) is 78.9 Å². The van der Waals surface area contributed by atoms with Gasteiger partial charge < -0.3 is 14.2 Å². The summed E-state index contributed by atoms with van der Waals surface area (Å²) in [6.45, 7) is 6.44. The fraction of sp³-hybridized carbons (Fsp3) is 0.717. The van der Waals surface area contributed by atoms with Gasteiger partial charge in [-0.05, 0) is 89.9 Å². The summed E-state index contributed by atoms with van der Waals surface area (Å²) in [4.78, 5) is 38.1. The highest BCUT2D eigenvalue weighted by Gasteiger charge is 2.19. The number of hydrogen-bond donors (Lipinski definition) is 0. The molecule has 0 aromatic rings. The first-order chi connectivity index (χ1) is 32.5. The second-order valence-corrected chi connectivity index (χ2v) is 18.2. The molecule has 0 heterocycles. The van der Waals surface area contributed by atoms with Gasteiger partial charge in [0.1, 0.15) is 13.2 Å². The summed E-state index contributed by atoms with van der Waals surface area (Å²) in [5, 5.41) is 0. The lowest BCUT2D eigenvalue weighted by Gasteiger charge is -2.18. The molecule has 0 saturated heterocycles. The maximum Gasteiger partial charge on any atom is 0.306 e. The summed E-state index contributed by atoms with van der Waals surface area (Å²) in [7, 11) is 0. The third-order valence-corrected chi connectivity index (χ3v) is 11.7. The average Bonchev–Trinajstić information content (AvgIpc) is 3.31. The van der Waals surface area contributed by atoms with E-state index in [1.165, 1.54) is 122 Å². The van der Waals surface area contributed by atoms with Crippen molar-refractivity contribution in [3.8, 4) is 0 Å². The Morgan fingerprint density at radius 1 is 0.318 bits per heavy atom. The third kappa shape index (κ3) is 51.6. The lowest BCUT2D eigenvalue weighted by Crippen LogP contribution is -2.30. The number of carbonyl (C=O) groups excluding carboxylic acids is 3. The Morgan fingerprint density at radius 3 is 1.02 bits per heavy atom. The molecular formula is C60H102O6. The molecule has 0 radical (unpaired) electrons. The summed E-state index contributed by atoms with van der Waals surface area (Å²) in [6.07, 6.45) is 69.9. The fourth-order valence-corrected chi connectivity index (χ4v) is 7.56. The van der Waals surface area contributed by atoms with E-state index in [1.54, 1.807) is 0 Å². The molecule has 378 valence electrons. The Labute approximate surface area is 407 Å². The van der Waals surface area contributed by atoms with Crippen molar-refractivity contribution in [3.05, 3.63) is 85.1 Å². The van der Waals surface area contributed by atoms with E-state index in [0.717, 1.165) is 96.3 Å². The van der Waals surface area contributed by atoms with Crippen LogP contribution < -0.4 is 0 Å². The van der Waals surface area contributed by atoms with Crippen molar-refractivity contribution in [2.24, 2.45) is 0 Å². The van der Waals surface area contributed by atoms with Crippen molar-refractivity contribution >= 4 is 17.9 Å². The first-order valence-electron chi connectivity index (χ1n) is 27.7. The summed E-state index contributed by atoms with van der Waals surface area (Å²) in [5.74, 6) is -0.934. The van der Waals surface area contributed by atoms with E-state index < -0.39 is 6.10 Å². The maximum atomic E-state index is 12.8. The summed E-state index contributed by atoms with van der Waals surface area (Å²) in [5.41, 5.74) is 0. The van der Waals surface area contributed by atoms with Gasteiger partial charge in [0.05, 0.1) is 0 Å². The average molecular weight is 919 g/mol. The van der Waals surface area contributed by atoms with Gasteiger partial charge in [0.15, 0.2) is 6.10 Å². The van der Waals surface area contributed by atoms with Crippen LogP contribution in [0.2, 0.25) is 0 Å². The molecule has 0 aliphatic rings. The highest BCUT2D eigenvalue weighted by atomic mass is 16.6. The molecule has 0 aliphatic heterocycles. The van der Waals surface area contributed by atoms with Crippen molar-refractivity contribution in [1.29, 1.82) is 0 Å². The Bertz CT molecular complexity index is 1290. The lowest BCUT2D eigenvalue weighted by atomic mass is 10.1. The van der Waals surface area contributed by atoms with Gasteiger partial charge >= 0.3 is 17.9 Å². The van der Waals surface area contributed by atoms with Crippen molar-refractivity contribution in [3.63, 3.8) is 0 Å². The Morgan fingerprint density at radius 2 is 0.606 bits per heavy atom. The minimum atomic E-state index is -0.798. The molecular weight excluding hydrogens is 817 g/mol. The minimum absolute atomic E-state index is 0.0947. The smallest absolute Gasteiger partial charge is 0.306 e. The monoisotopic (exact) mass is 919 g/mol. The van der Waals surface area contributed by atoms with E-state index in [4.69, 9.17) is 14.2 Å². The zero-order chi connectivity index (χ0) is 47.9. The Kier molecular flexibility index (Phi) is 51.4. The van der Waals surface area contributed by atoms with Crippen LogP contribution >= 0.6 is 0 Å². The highest BCUT2D eigenvalue weighted by molar-refractivity contribution is 5.71. The molecule has 6 heteroatoms. The first-order valence-corrected chi connectivity index (χ1v) is 27.7. The van der Waals surface area contributed by atoms with E-state index in [0.29, 0.717) is 19.3 Å². The number of unbranched alkanes of at least 4 members (excludes halogenated alkanes) is 28. The third-order valence-electron chi connectivity index (χ3n) is 11.7. The van der Waals surface area contributed by atoms with Gasteiger partial charge in [-0.15, -0.1) is 0 Å². The molecule has 0 amide bonds. The van der Waals surface area contributed by atoms with Crippen LogP contribution in [0, 0.1) is 0 Å². The van der Waals surface area contributed by atoms with Crippen molar-refractivity contribution in [1.82, 2.24) is 0 Å². The molecule has 0 aromatic heterocycles. The van der Waals surface area contributed by atoms with Crippen LogP contribution in [0.25, 0.3) is 0 Å². The van der Waals surface area contributed by atoms with Crippen LogP contribution in [-0.2, 0) is 28.6 Å². The predicted molar refractivity (Wildman–Crippen MR) is 284 cm³/mol. The van der Waals surface area contributed by atoms with Gasteiger partial charge in [0.2, 0.25) is 0 Å². The van der Waals surface area contributed by atoms with E-state index >= 15 is 0 Å². The summed E-state index contributed by atoms with van der Waals surface area (Å²) >= 11 is 0. The predicted octanol–water partition coefficient (Wildman–Crippen LogP) is 18.4. The van der Waals surface area contributed by atoms with E-state index in [1.807, 2.05) is 18.2 Å². The standard InChI is InChI=1S/C60H102O6/c1-4-7-10-13-16-19-22-25-28-29-30-33-35-38-41-44-47-50-53-59(62)65-56-57(66-60(63)54-51-48-45-42-39-36-32-27-24-21-18-15-12-9-6-3)55-64-58(61)52-49-46-43-40-37-34-31-26-23-20-17-14-11-8-5-2/h9,12,15,17-18,20-21,23-24,26-27,30,32-33,57H,4-8,10-11,13-14,16,19,22,25,28-29,31,34-56H2,1-3H3/b12-9-,18-15-,20-17-,24-21-,26-23-,32-27-,33-30-. The van der Waals surface area contributed by atoms with Crippen molar-refractivity contribution < 1.29 is 28.6 Å². The summed E-state index contributed by atoms with van der Waals surface area (Å²) in [6, 6.07) is 0. The Balaban J connectivity index is 4.44. The zero-order valence-corrected chi connectivity index (χ0v) is 43.2. The SMILES string of the molecule is CC\C=C/C=C\C=C/C=C\CCCCCCCC(=O)OC(COC(=O)CCCCCCC/C=C\CCCCCCCCCCC)COC(=O)CCCCCCCC/C=C\C=C/CCCCC. The van der Waals surface area contributed by atoms with Crippen LogP contribution in [-0.4, -0.2) is 37.2 Å².